The van der Waals surface area contributed by atoms with E-state index in [2.05, 4.69) is 91.1 Å². The van der Waals surface area contributed by atoms with Crippen molar-refractivity contribution in [3.63, 3.8) is 0 Å². The highest BCUT2D eigenvalue weighted by Crippen LogP contribution is 2.31. The zero-order valence-electron chi connectivity index (χ0n) is 56.5. The number of aldehydes is 1. The number of carbonyl (C=O) groups excluding carboxylic acids is 1. The van der Waals surface area contributed by atoms with Crippen LogP contribution in [-0.4, -0.2) is 156 Å². The Morgan fingerprint density at radius 1 is 0.476 bits per heavy atom. The van der Waals surface area contributed by atoms with E-state index in [0.29, 0.717) is 105 Å². The third kappa shape index (κ3) is 17.0. The third-order valence-electron chi connectivity index (χ3n) is 16.2. The molecule has 0 atom stereocenters. The molecule has 522 valence electrons. The maximum Gasteiger partial charge on any atom is 0.247 e. The van der Waals surface area contributed by atoms with Gasteiger partial charge in [-0.05, 0) is 128 Å². The molecule has 105 heavy (non-hydrogen) atoms. The maximum absolute atomic E-state index is 11.2. The smallest absolute Gasteiger partial charge is 0.247 e. The van der Waals surface area contributed by atoms with Gasteiger partial charge in [0.15, 0.2) is 23.7 Å². The van der Waals surface area contributed by atoms with E-state index in [4.69, 9.17) is 23.9 Å². The molecule has 0 bridgehead atoms. The van der Waals surface area contributed by atoms with Crippen LogP contribution in [0.5, 0.6) is 17.5 Å². The molecule has 1 aliphatic rings. The van der Waals surface area contributed by atoms with Gasteiger partial charge < -0.3 is 40.0 Å². The second kappa shape index (κ2) is 33.6. The molecule has 0 spiro atoms. The number of aliphatic hydroxyl groups excluding tert-OH is 1. The zero-order valence-corrected chi connectivity index (χ0v) is 56.5. The highest BCUT2D eigenvalue weighted by Gasteiger charge is 2.18. The van der Waals surface area contributed by atoms with E-state index in [9.17, 15) is 9.90 Å². The fourth-order valence-electron chi connectivity index (χ4n) is 11.0. The number of para-hydroxylation sites is 1. The molecule has 16 heterocycles. The van der Waals surface area contributed by atoms with Crippen molar-refractivity contribution in [2.75, 3.05) is 62.5 Å². The number of morpholine rings is 1. The summed E-state index contributed by atoms with van der Waals surface area (Å²) in [5, 5.41) is 37.4. The molecule has 15 aromatic heterocycles. The van der Waals surface area contributed by atoms with Crippen LogP contribution in [0.2, 0.25) is 0 Å². The van der Waals surface area contributed by atoms with E-state index in [1.165, 1.54) is 6.20 Å². The molecular formula is C76H67N23O6. The molecule has 1 saturated heterocycles. The van der Waals surface area contributed by atoms with E-state index < -0.39 is 0 Å². The fourth-order valence-corrected chi connectivity index (χ4v) is 11.0. The van der Waals surface area contributed by atoms with Crippen LogP contribution in [0.3, 0.4) is 0 Å². The molecule has 17 rings (SSSR count). The lowest BCUT2D eigenvalue weighted by Crippen LogP contribution is -2.37. The molecule has 16 aromatic rings. The van der Waals surface area contributed by atoms with Gasteiger partial charge in [-0.2, -0.15) is 4.98 Å². The van der Waals surface area contributed by atoms with Gasteiger partial charge >= 0.3 is 0 Å². The number of nitrogens with zero attached hydrogens (tertiary/aromatic N) is 20. The van der Waals surface area contributed by atoms with Crippen molar-refractivity contribution in [2.45, 2.75) is 19.6 Å². The summed E-state index contributed by atoms with van der Waals surface area (Å²) in [6.07, 6.45) is 24.3. The van der Waals surface area contributed by atoms with Crippen molar-refractivity contribution in [1.82, 2.24) is 98.2 Å². The van der Waals surface area contributed by atoms with Gasteiger partial charge in [-0.15, -0.1) is 20.4 Å². The fraction of sp³-hybridized carbons (Fsp3) is 0.132. The normalized spacial score (nSPS) is 11.9. The van der Waals surface area contributed by atoms with Crippen LogP contribution in [0, 0.1) is 0 Å². The number of methoxy groups -OCH3 is 1. The molecule has 0 radical (unpaired) electrons. The number of carbonyl (C=O) groups is 1. The molecule has 0 amide bonds. The van der Waals surface area contributed by atoms with Gasteiger partial charge in [0.1, 0.15) is 50.6 Å². The van der Waals surface area contributed by atoms with Gasteiger partial charge in [0, 0.05) is 135 Å². The van der Waals surface area contributed by atoms with Crippen molar-refractivity contribution in [3.8, 4) is 63.6 Å². The van der Waals surface area contributed by atoms with Crippen LogP contribution in [0.1, 0.15) is 27.9 Å². The maximum atomic E-state index is 11.2. The van der Waals surface area contributed by atoms with Crippen molar-refractivity contribution in [3.05, 3.63) is 267 Å². The number of aromatic nitrogens is 19. The summed E-state index contributed by atoms with van der Waals surface area (Å²) in [6, 6.07) is 52.7. The highest BCUT2D eigenvalue weighted by molar-refractivity contribution is 5.87. The molecule has 0 saturated carbocycles. The molecule has 4 N–H and O–H groups in total. The number of nitrogens with one attached hydrogen (secondary N) is 3. The first-order valence-electron chi connectivity index (χ1n) is 33.3. The monoisotopic (exact) mass is 1400 g/mol. The molecule has 29 nitrogen and oxygen atoms in total. The summed E-state index contributed by atoms with van der Waals surface area (Å²) in [5.74, 6) is 5.66. The average molecular weight is 1400 g/mol. The summed E-state index contributed by atoms with van der Waals surface area (Å²) >= 11 is 0. The number of ether oxygens (including phenoxy) is 4. The van der Waals surface area contributed by atoms with Crippen LogP contribution in [0.15, 0.2) is 250 Å². The van der Waals surface area contributed by atoms with Crippen LogP contribution >= 0.6 is 0 Å². The van der Waals surface area contributed by atoms with Crippen molar-refractivity contribution >= 4 is 62.9 Å². The number of anilines is 6. The minimum atomic E-state index is -0.106. The number of rotatable bonds is 21. The quantitative estimate of drug-likeness (QED) is 0.0383. The molecule has 0 unspecified atom stereocenters. The molecule has 1 fully saturated rings. The van der Waals surface area contributed by atoms with Crippen LogP contribution in [0.25, 0.3) is 68.1 Å². The Morgan fingerprint density at radius 3 is 1.49 bits per heavy atom. The zero-order chi connectivity index (χ0) is 71.4. The first-order chi connectivity index (χ1) is 51.9. The van der Waals surface area contributed by atoms with Gasteiger partial charge in [-0.3, -0.25) is 39.6 Å². The van der Waals surface area contributed by atoms with E-state index in [1.807, 2.05) is 183 Å². The Labute approximate surface area is 600 Å². The third-order valence-corrected chi connectivity index (χ3v) is 16.2. The number of hydrogen-bond donors (Lipinski definition) is 4. The SMILES string of the molecule is COc1cccc(-c2nc(Nc3ccncc3COCCCN3CCOCC3)c3cccn3n2)n1.O=Cc1cnccc1Nc1nc(-c2ccccn2)nn2cccc12.OCc1cnccc1Nc1nc(-c2ccccn2)nn2cccc12.c1ccc(Oc2nc(-c3ccccn3)nn3cccc23)cc1. The molecule has 29 heteroatoms. The molecule has 0 aliphatic carbocycles. The Morgan fingerprint density at radius 2 is 0.952 bits per heavy atom. The summed E-state index contributed by atoms with van der Waals surface area (Å²) in [5.41, 5.74) is 10.4. The van der Waals surface area contributed by atoms with Crippen LogP contribution in [-0.2, 0) is 22.7 Å². The number of hydrogen-bond acceptors (Lipinski definition) is 25. The van der Waals surface area contributed by atoms with Crippen LogP contribution in [0.4, 0.5) is 34.5 Å². The topological polar surface area (TPSA) is 325 Å². The lowest BCUT2D eigenvalue weighted by atomic mass is 10.2. The van der Waals surface area contributed by atoms with Gasteiger partial charge in [-0.25, -0.2) is 38.0 Å². The van der Waals surface area contributed by atoms with Gasteiger partial charge in [0.05, 0.1) is 44.8 Å². The van der Waals surface area contributed by atoms with Gasteiger partial charge in [0.2, 0.25) is 35.1 Å². The minimum Gasteiger partial charge on any atom is -0.481 e. The van der Waals surface area contributed by atoms with E-state index in [-0.39, 0.29) is 6.61 Å². The Bertz CT molecular complexity index is 5510. The number of pyridine rings is 7. The summed E-state index contributed by atoms with van der Waals surface area (Å²) in [6.45, 7) is 5.70. The summed E-state index contributed by atoms with van der Waals surface area (Å²) < 4.78 is 29.6. The number of fused-ring (bicyclic) bond motifs is 4. The van der Waals surface area contributed by atoms with E-state index >= 15 is 0 Å². The largest absolute Gasteiger partial charge is 0.481 e. The lowest BCUT2D eigenvalue weighted by Gasteiger charge is -2.26. The highest BCUT2D eigenvalue weighted by atomic mass is 16.5. The van der Waals surface area contributed by atoms with E-state index in [0.717, 1.165) is 90.3 Å². The standard InChI is InChI=1S/C25H29N7O3.C17H14N6O.C17H12N6O.C17H12N4O/c1-33-23-7-2-5-21(27-23)24-29-25(22-6-3-11-32(22)30-24)28-20-8-9-26-17-19(20)18-35-14-4-10-31-12-15-34-16-13-31;2*24-11-12-10-18-8-6-13(12)20-17-15-5-3-9-23(15)22-16(21-17)14-4-1-2-7-19-14;1-2-7-13(8-3-1)22-17-15-10-6-12-21(15)20-16(19-17)14-9-4-5-11-18-14/h2-3,5-9,11,17H,4,10,12-16,18H2,1H3,(H,26,28,29,30);1-10,24H,11H2,(H,18,20,21,22);1-11H,(H,18,20,21,22);1-12H. The predicted molar refractivity (Wildman–Crippen MR) is 393 cm³/mol. The Balaban J connectivity index is 0.000000120. The molecule has 1 aliphatic heterocycles. The Hall–Kier alpha value is -13.7. The van der Waals surface area contributed by atoms with Crippen molar-refractivity contribution in [1.29, 1.82) is 0 Å². The number of benzene rings is 1. The second-order valence-corrected chi connectivity index (χ2v) is 23.1. The Kier molecular flexibility index (Phi) is 21.9. The second-order valence-electron chi connectivity index (χ2n) is 23.1. The summed E-state index contributed by atoms with van der Waals surface area (Å²) in [4.78, 5) is 61.7. The van der Waals surface area contributed by atoms with Crippen LogP contribution < -0.4 is 25.4 Å². The first kappa shape index (κ1) is 68.4. The van der Waals surface area contributed by atoms with Gasteiger partial charge in [0.25, 0.3) is 0 Å². The minimum absolute atomic E-state index is 0.106. The summed E-state index contributed by atoms with van der Waals surface area (Å²) in [7, 11) is 1.59. The molecule has 1 aromatic carbocycles. The van der Waals surface area contributed by atoms with Gasteiger partial charge in [-0.1, -0.05) is 42.5 Å². The predicted octanol–water partition coefficient (Wildman–Crippen LogP) is 11.9. The van der Waals surface area contributed by atoms with Crippen molar-refractivity contribution < 1.29 is 28.8 Å². The number of aliphatic hydroxyl groups is 1. The first-order valence-corrected chi connectivity index (χ1v) is 33.3. The average Bonchev–Trinajstić information content (AvgIpc) is 1.76. The molecular weight excluding hydrogens is 1330 g/mol. The lowest BCUT2D eigenvalue weighted by molar-refractivity contribution is 0.0310. The van der Waals surface area contributed by atoms with E-state index in [1.54, 1.807) is 86.7 Å². The van der Waals surface area contributed by atoms with Crippen molar-refractivity contribution in [2.24, 2.45) is 0 Å².